The van der Waals surface area contributed by atoms with Gasteiger partial charge in [-0.15, -0.1) is 0 Å². The van der Waals surface area contributed by atoms with E-state index in [0.29, 0.717) is 5.95 Å². The van der Waals surface area contributed by atoms with E-state index < -0.39 is 17.5 Å². The fraction of sp³-hybridized carbons (Fsp3) is 0.190. The number of nitrogens with one attached hydrogen (secondary N) is 1. The molecule has 0 amide bonds. The van der Waals surface area contributed by atoms with E-state index in [0.717, 1.165) is 30.5 Å². The predicted molar refractivity (Wildman–Crippen MR) is 97.9 cm³/mol. The highest BCUT2D eigenvalue weighted by Gasteiger charge is 2.44. The molecule has 1 N–H and O–H groups in total. The molecule has 0 spiro atoms. The van der Waals surface area contributed by atoms with Gasteiger partial charge in [-0.2, -0.15) is 13.2 Å². The smallest absolute Gasteiger partial charge is 0.345 e. The van der Waals surface area contributed by atoms with Gasteiger partial charge in [0.1, 0.15) is 0 Å². The first-order valence-corrected chi connectivity index (χ1v) is 8.75. The molecule has 142 valence electrons. The van der Waals surface area contributed by atoms with Gasteiger partial charge in [0.05, 0.1) is 16.7 Å². The van der Waals surface area contributed by atoms with E-state index in [2.05, 4.69) is 15.3 Å². The Balaban J connectivity index is 1.52. The van der Waals surface area contributed by atoms with Crippen molar-refractivity contribution in [1.29, 1.82) is 0 Å². The lowest BCUT2D eigenvalue weighted by atomic mass is 10.0. The van der Waals surface area contributed by atoms with Crippen LogP contribution >= 0.6 is 0 Å². The van der Waals surface area contributed by atoms with Crippen molar-refractivity contribution in [2.75, 3.05) is 5.32 Å². The summed E-state index contributed by atoms with van der Waals surface area (Å²) >= 11 is 0. The minimum atomic E-state index is -4.50. The molecule has 1 aliphatic carbocycles. The number of carbonyl (C=O) groups is 1. The number of ketones is 1. The SMILES string of the molecule is O=C(c1cnc(NC2(c3ccccc3)CC2)nc1)c1cccc(C(F)(F)F)c1. The molecule has 1 aliphatic rings. The van der Waals surface area contributed by atoms with Crippen LogP contribution in [-0.4, -0.2) is 15.8 Å². The molecule has 7 heteroatoms. The summed E-state index contributed by atoms with van der Waals surface area (Å²) < 4.78 is 38.5. The number of hydrogen-bond donors (Lipinski definition) is 1. The fourth-order valence-electron chi connectivity index (χ4n) is 3.10. The second-order valence-electron chi connectivity index (χ2n) is 6.78. The lowest BCUT2D eigenvalue weighted by Crippen LogP contribution is -2.20. The van der Waals surface area contributed by atoms with Gasteiger partial charge < -0.3 is 5.32 Å². The third kappa shape index (κ3) is 3.60. The third-order valence-electron chi connectivity index (χ3n) is 4.79. The number of halogens is 3. The molecule has 3 aromatic rings. The third-order valence-corrected chi connectivity index (χ3v) is 4.79. The maximum absolute atomic E-state index is 12.8. The molecule has 2 aromatic carbocycles. The summed E-state index contributed by atoms with van der Waals surface area (Å²) in [6, 6.07) is 14.3. The van der Waals surface area contributed by atoms with Crippen LogP contribution in [0.15, 0.2) is 67.0 Å². The van der Waals surface area contributed by atoms with Crippen molar-refractivity contribution in [2.45, 2.75) is 24.6 Å². The van der Waals surface area contributed by atoms with Crippen molar-refractivity contribution in [3.63, 3.8) is 0 Å². The van der Waals surface area contributed by atoms with Crippen molar-refractivity contribution >= 4 is 11.7 Å². The molecule has 0 saturated heterocycles. The standard InChI is InChI=1S/C21H16F3N3O/c22-21(23,24)17-8-4-5-14(11-17)18(28)15-12-25-19(26-13-15)27-20(9-10-20)16-6-2-1-3-7-16/h1-8,11-13H,9-10H2,(H,25,26,27). The topological polar surface area (TPSA) is 54.9 Å². The first-order valence-electron chi connectivity index (χ1n) is 8.75. The number of alkyl halides is 3. The van der Waals surface area contributed by atoms with Crippen LogP contribution in [0.1, 0.15) is 39.9 Å². The van der Waals surface area contributed by atoms with Crippen LogP contribution < -0.4 is 5.32 Å². The molecule has 0 unspecified atom stereocenters. The lowest BCUT2D eigenvalue weighted by molar-refractivity contribution is -0.137. The Bertz CT molecular complexity index is 997. The van der Waals surface area contributed by atoms with E-state index in [1.807, 2.05) is 30.3 Å². The summed E-state index contributed by atoms with van der Waals surface area (Å²) in [6.07, 6.45) is 0.0607. The molecule has 1 saturated carbocycles. The van der Waals surface area contributed by atoms with E-state index in [-0.39, 0.29) is 16.7 Å². The van der Waals surface area contributed by atoms with Gasteiger partial charge in [-0.25, -0.2) is 9.97 Å². The number of anilines is 1. The maximum Gasteiger partial charge on any atom is 0.416 e. The molecule has 28 heavy (non-hydrogen) atoms. The number of benzene rings is 2. The second kappa shape index (κ2) is 6.74. The highest BCUT2D eigenvalue weighted by atomic mass is 19.4. The molecule has 4 nitrogen and oxygen atoms in total. The first-order chi connectivity index (χ1) is 13.4. The minimum absolute atomic E-state index is 0.0536. The zero-order valence-electron chi connectivity index (χ0n) is 14.7. The molecule has 1 heterocycles. The van der Waals surface area contributed by atoms with Crippen LogP contribution in [0.25, 0.3) is 0 Å². The average Bonchev–Trinajstić information content (AvgIpc) is 3.49. The van der Waals surface area contributed by atoms with Crippen LogP contribution in [-0.2, 0) is 11.7 Å². The summed E-state index contributed by atoms with van der Waals surface area (Å²) in [5, 5.41) is 3.30. The molecule has 1 fully saturated rings. The number of carbonyl (C=O) groups excluding carboxylic acids is 1. The zero-order valence-corrected chi connectivity index (χ0v) is 14.7. The van der Waals surface area contributed by atoms with Gasteiger partial charge in [-0.3, -0.25) is 4.79 Å². The van der Waals surface area contributed by atoms with Gasteiger partial charge in [-0.05, 0) is 30.5 Å². The normalized spacial score (nSPS) is 15.1. The van der Waals surface area contributed by atoms with E-state index in [1.165, 1.54) is 24.5 Å². The summed E-state index contributed by atoms with van der Waals surface area (Å²) in [4.78, 5) is 20.9. The molecule has 1 aromatic heterocycles. The number of hydrogen-bond acceptors (Lipinski definition) is 4. The largest absolute Gasteiger partial charge is 0.416 e. The molecule has 0 atom stereocenters. The van der Waals surface area contributed by atoms with Crippen molar-refractivity contribution in [1.82, 2.24) is 9.97 Å². The Morgan fingerprint density at radius 3 is 2.21 bits per heavy atom. The number of nitrogens with zero attached hydrogens (tertiary/aromatic N) is 2. The van der Waals surface area contributed by atoms with Gasteiger partial charge >= 0.3 is 6.18 Å². The first kappa shape index (κ1) is 18.2. The van der Waals surface area contributed by atoms with Crippen LogP contribution in [0.4, 0.5) is 19.1 Å². The Morgan fingerprint density at radius 1 is 0.929 bits per heavy atom. The molecule has 0 aliphatic heterocycles. The van der Waals surface area contributed by atoms with Crippen LogP contribution in [0.2, 0.25) is 0 Å². The van der Waals surface area contributed by atoms with Gasteiger partial charge in [0.25, 0.3) is 0 Å². The van der Waals surface area contributed by atoms with Crippen molar-refractivity contribution in [3.05, 3.63) is 89.2 Å². The molecule has 0 bridgehead atoms. The van der Waals surface area contributed by atoms with E-state index in [4.69, 9.17) is 0 Å². The van der Waals surface area contributed by atoms with Gasteiger partial charge in [0.15, 0.2) is 5.78 Å². The van der Waals surface area contributed by atoms with Gasteiger partial charge in [0.2, 0.25) is 5.95 Å². The van der Waals surface area contributed by atoms with Crippen molar-refractivity contribution in [2.24, 2.45) is 0 Å². The van der Waals surface area contributed by atoms with Crippen molar-refractivity contribution < 1.29 is 18.0 Å². The second-order valence-corrected chi connectivity index (χ2v) is 6.78. The lowest BCUT2D eigenvalue weighted by Gasteiger charge is -2.17. The highest BCUT2D eigenvalue weighted by Crippen LogP contribution is 2.47. The van der Waals surface area contributed by atoms with E-state index in [9.17, 15) is 18.0 Å². The highest BCUT2D eigenvalue weighted by molar-refractivity contribution is 6.08. The number of aromatic nitrogens is 2. The van der Waals surface area contributed by atoms with Crippen LogP contribution in [0, 0.1) is 0 Å². The maximum atomic E-state index is 12.8. The van der Waals surface area contributed by atoms with E-state index in [1.54, 1.807) is 0 Å². The Kier molecular flexibility index (Phi) is 4.37. The predicted octanol–water partition coefficient (Wildman–Crippen LogP) is 4.83. The summed E-state index contributed by atoms with van der Waals surface area (Å²) in [6.45, 7) is 0. The zero-order chi connectivity index (χ0) is 19.8. The van der Waals surface area contributed by atoms with E-state index >= 15 is 0 Å². The Hall–Kier alpha value is -3.22. The minimum Gasteiger partial charge on any atom is -0.345 e. The Morgan fingerprint density at radius 2 is 1.61 bits per heavy atom. The number of rotatable bonds is 5. The quantitative estimate of drug-likeness (QED) is 0.642. The molecule has 4 rings (SSSR count). The molecular formula is C21H16F3N3O. The summed E-state index contributed by atoms with van der Waals surface area (Å²) in [7, 11) is 0. The average molecular weight is 383 g/mol. The van der Waals surface area contributed by atoms with Crippen LogP contribution in [0.3, 0.4) is 0 Å². The fourth-order valence-corrected chi connectivity index (χ4v) is 3.10. The van der Waals surface area contributed by atoms with Crippen molar-refractivity contribution in [3.8, 4) is 0 Å². The molecule has 0 radical (unpaired) electrons. The van der Waals surface area contributed by atoms with Gasteiger partial charge in [-0.1, -0.05) is 42.5 Å². The van der Waals surface area contributed by atoms with Gasteiger partial charge in [0, 0.05) is 18.0 Å². The summed E-state index contributed by atoms with van der Waals surface area (Å²) in [5.41, 5.74) is 0.156. The van der Waals surface area contributed by atoms with Crippen LogP contribution in [0.5, 0.6) is 0 Å². The summed E-state index contributed by atoms with van der Waals surface area (Å²) in [5.74, 6) is -0.177. The monoisotopic (exact) mass is 383 g/mol. The Labute approximate surface area is 159 Å². The molecular weight excluding hydrogens is 367 g/mol.